The Morgan fingerprint density at radius 3 is 2.64 bits per heavy atom. The van der Waals surface area contributed by atoms with Crippen LogP contribution in [0.5, 0.6) is 11.5 Å². The first kappa shape index (κ1) is 19.5. The third-order valence-electron chi connectivity index (χ3n) is 3.16. The summed E-state index contributed by atoms with van der Waals surface area (Å²) < 4.78 is 35.2. The van der Waals surface area contributed by atoms with Gasteiger partial charge in [0, 0.05) is 21.1 Å². The molecule has 0 atom stereocenters. The fraction of sp³-hybridized carbons (Fsp3) is 0.235. The van der Waals surface area contributed by atoms with Crippen LogP contribution < -0.4 is 14.8 Å². The molecule has 0 aromatic heterocycles. The molecule has 0 fully saturated rings. The lowest BCUT2D eigenvalue weighted by Crippen LogP contribution is -2.14. The van der Waals surface area contributed by atoms with Crippen LogP contribution >= 0.6 is 27.7 Å². The van der Waals surface area contributed by atoms with Gasteiger partial charge in [0.25, 0.3) is 0 Å². The molecule has 2 rings (SSSR count). The fourth-order valence-corrected chi connectivity index (χ4v) is 3.34. The zero-order chi connectivity index (χ0) is 18.4. The van der Waals surface area contributed by atoms with Gasteiger partial charge in [0.05, 0.1) is 12.9 Å². The molecular formula is C17H16BrF2NO3S. The lowest BCUT2D eigenvalue weighted by atomic mass is 10.2. The first-order valence-electron chi connectivity index (χ1n) is 7.20. The minimum Gasteiger partial charge on any atom is -0.493 e. The Labute approximate surface area is 157 Å². The zero-order valence-corrected chi connectivity index (χ0v) is 15.9. The predicted molar refractivity (Wildman–Crippen MR) is 97.9 cm³/mol. The van der Waals surface area contributed by atoms with Crippen molar-refractivity contribution < 1.29 is 23.0 Å². The van der Waals surface area contributed by atoms with E-state index in [1.54, 1.807) is 6.07 Å². The third-order valence-corrected chi connectivity index (χ3v) is 4.83. The van der Waals surface area contributed by atoms with E-state index in [2.05, 4.69) is 26.0 Å². The van der Waals surface area contributed by atoms with E-state index in [4.69, 9.17) is 4.74 Å². The Morgan fingerprint density at radius 2 is 2.00 bits per heavy atom. The van der Waals surface area contributed by atoms with Gasteiger partial charge in [0.1, 0.15) is 0 Å². The van der Waals surface area contributed by atoms with Crippen molar-refractivity contribution in [3.63, 3.8) is 0 Å². The molecule has 134 valence electrons. The van der Waals surface area contributed by atoms with Crippen molar-refractivity contribution in [2.75, 3.05) is 18.2 Å². The van der Waals surface area contributed by atoms with Crippen molar-refractivity contribution in [3.8, 4) is 11.5 Å². The normalized spacial score (nSPS) is 10.6. The Kier molecular flexibility index (Phi) is 7.07. The quantitative estimate of drug-likeness (QED) is 0.619. The zero-order valence-electron chi connectivity index (χ0n) is 13.5. The fourth-order valence-electron chi connectivity index (χ4n) is 2.06. The van der Waals surface area contributed by atoms with Crippen LogP contribution in [0.4, 0.5) is 14.5 Å². The van der Waals surface area contributed by atoms with Crippen molar-refractivity contribution >= 4 is 39.3 Å². The Bertz CT molecular complexity index is 759. The molecule has 0 radical (unpaired) electrons. The molecule has 0 saturated carbocycles. The number of thioether (sulfide) groups is 1. The molecule has 8 heteroatoms. The van der Waals surface area contributed by atoms with Crippen LogP contribution in [0, 0.1) is 6.92 Å². The second kappa shape index (κ2) is 9.05. The standard InChI is InChI=1S/C17H16BrF2NO3S/c1-10-7-11(18)3-6-15(10)25-9-16(22)21-12-4-5-13(23-2)14(8-12)24-17(19)20/h3-8,17H,9H2,1-2H3,(H,21,22). The first-order chi connectivity index (χ1) is 11.9. The number of alkyl halides is 2. The van der Waals surface area contributed by atoms with E-state index in [1.165, 1.54) is 31.0 Å². The second-order valence-corrected chi connectivity index (χ2v) is 6.92. The van der Waals surface area contributed by atoms with Gasteiger partial charge in [-0.2, -0.15) is 8.78 Å². The number of anilines is 1. The van der Waals surface area contributed by atoms with Crippen molar-refractivity contribution in [1.82, 2.24) is 0 Å². The van der Waals surface area contributed by atoms with Gasteiger partial charge in [-0.1, -0.05) is 15.9 Å². The van der Waals surface area contributed by atoms with Crippen LogP contribution in [0.25, 0.3) is 0 Å². The Morgan fingerprint density at radius 1 is 1.24 bits per heavy atom. The molecule has 0 saturated heterocycles. The van der Waals surface area contributed by atoms with E-state index in [-0.39, 0.29) is 23.2 Å². The van der Waals surface area contributed by atoms with Crippen LogP contribution in [-0.4, -0.2) is 25.4 Å². The molecule has 2 aromatic rings. The van der Waals surface area contributed by atoms with Gasteiger partial charge in [0.2, 0.25) is 5.91 Å². The molecule has 25 heavy (non-hydrogen) atoms. The molecule has 0 bridgehead atoms. The third kappa shape index (κ3) is 5.89. The molecule has 1 amide bonds. The molecule has 0 aliphatic carbocycles. The minimum absolute atomic E-state index is 0.133. The maximum absolute atomic E-state index is 12.4. The van der Waals surface area contributed by atoms with Crippen LogP contribution in [0.1, 0.15) is 5.56 Å². The lowest BCUT2D eigenvalue weighted by Gasteiger charge is -2.12. The van der Waals surface area contributed by atoms with E-state index in [0.717, 1.165) is 14.9 Å². The monoisotopic (exact) mass is 431 g/mol. The average Bonchev–Trinajstić information content (AvgIpc) is 2.54. The summed E-state index contributed by atoms with van der Waals surface area (Å²) in [5.41, 5.74) is 1.42. The topological polar surface area (TPSA) is 47.6 Å². The highest BCUT2D eigenvalue weighted by Crippen LogP contribution is 2.32. The molecule has 4 nitrogen and oxygen atoms in total. The summed E-state index contributed by atoms with van der Waals surface area (Å²) in [6, 6.07) is 10.1. The Balaban J connectivity index is 2.00. The predicted octanol–water partition coefficient (Wildman–Crippen LogP) is 5.10. The molecule has 1 N–H and O–H groups in total. The SMILES string of the molecule is COc1ccc(NC(=O)CSc2ccc(Br)cc2C)cc1OC(F)F. The Hall–Kier alpha value is -1.80. The van der Waals surface area contributed by atoms with Crippen molar-refractivity contribution in [1.29, 1.82) is 0 Å². The highest BCUT2D eigenvalue weighted by atomic mass is 79.9. The molecule has 0 unspecified atom stereocenters. The smallest absolute Gasteiger partial charge is 0.387 e. The number of methoxy groups -OCH3 is 1. The summed E-state index contributed by atoms with van der Waals surface area (Å²) in [7, 11) is 1.35. The number of benzene rings is 2. The van der Waals surface area contributed by atoms with E-state index >= 15 is 0 Å². The van der Waals surface area contributed by atoms with Crippen LogP contribution in [0.15, 0.2) is 45.8 Å². The van der Waals surface area contributed by atoms with E-state index in [9.17, 15) is 13.6 Å². The van der Waals surface area contributed by atoms with Gasteiger partial charge < -0.3 is 14.8 Å². The number of hydrogen-bond donors (Lipinski definition) is 1. The number of amides is 1. The number of rotatable bonds is 7. The summed E-state index contributed by atoms with van der Waals surface area (Å²) in [6.45, 7) is -1.02. The van der Waals surface area contributed by atoms with Gasteiger partial charge in [-0.3, -0.25) is 4.79 Å². The van der Waals surface area contributed by atoms with Crippen LogP contribution in [-0.2, 0) is 4.79 Å². The van der Waals surface area contributed by atoms with Gasteiger partial charge in [-0.05, 0) is 42.8 Å². The van der Waals surface area contributed by atoms with Crippen molar-refractivity contribution in [3.05, 3.63) is 46.4 Å². The van der Waals surface area contributed by atoms with Crippen molar-refractivity contribution in [2.24, 2.45) is 0 Å². The number of carbonyl (C=O) groups excluding carboxylic acids is 1. The number of halogens is 3. The van der Waals surface area contributed by atoms with E-state index in [1.807, 2.05) is 25.1 Å². The maximum Gasteiger partial charge on any atom is 0.387 e. The first-order valence-corrected chi connectivity index (χ1v) is 8.98. The van der Waals surface area contributed by atoms with Crippen molar-refractivity contribution in [2.45, 2.75) is 18.4 Å². The molecule has 0 aliphatic rings. The van der Waals surface area contributed by atoms with Gasteiger partial charge in [-0.15, -0.1) is 11.8 Å². The number of carbonyl (C=O) groups is 1. The van der Waals surface area contributed by atoms with E-state index < -0.39 is 6.61 Å². The number of ether oxygens (including phenoxy) is 2. The summed E-state index contributed by atoms with van der Waals surface area (Å²) >= 11 is 4.79. The molecule has 0 heterocycles. The average molecular weight is 432 g/mol. The number of hydrogen-bond acceptors (Lipinski definition) is 4. The van der Waals surface area contributed by atoms with E-state index in [0.29, 0.717) is 5.69 Å². The number of aryl methyl sites for hydroxylation is 1. The summed E-state index contributed by atoms with van der Waals surface area (Å²) in [6.07, 6.45) is 0. The van der Waals surface area contributed by atoms with Gasteiger partial charge >= 0.3 is 6.61 Å². The van der Waals surface area contributed by atoms with Gasteiger partial charge in [-0.25, -0.2) is 0 Å². The van der Waals surface area contributed by atoms with Crippen LogP contribution in [0.3, 0.4) is 0 Å². The maximum atomic E-state index is 12.4. The summed E-state index contributed by atoms with van der Waals surface area (Å²) in [4.78, 5) is 13.1. The second-order valence-electron chi connectivity index (χ2n) is 4.99. The molecule has 0 spiro atoms. The highest BCUT2D eigenvalue weighted by Gasteiger charge is 2.13. The highest BCUT2D eigenvalue weighted by molar-refractivity contribution is 9.10. The number of nitrogens with one attached hydrogen (secondary N) is 1. The molecule has 2 aromatic carbocycles. The molecule has 0 aliphatic heterocycles. The summed E-state index contributed by atoms with van der Waals surface area (Å²) in [5.74, 6) is -0.0233. The molecular weight excluding hydrogens is 416 g/mol. The summed E-state index contributed by atoms with van der Waals surface area (Å²) in [5, 5.41) is 2.66. The minimum atomic E-state index is -2.98. The van der Waals surface area contributed by atoms with Crippen LogP contribution in [0.2, 0.25) is 0 Å². The largest absolute Gasteiger partial charge is 0.493 e. The van der Waals surface area contributed by atoms with Gasteiger partial charge in [0.15, 0.2) is 11.5 Å². The lowest BCUT2D eigenvalue weighted by molar-refractivity contribution is -0.113.